The third-order valence-electron chi connectivity index (χ3n) is 6.18. The lowest BCUT2D eigenvalue weighted by Crippen LogP contribution is -2.19. The smallest absolute Gasteiger partial charge is 0.0689 e. The minimum absolute atomic E-state index is 0.0668. The fraction of sp³-hybridized carbons (Fsp3) is 0.333. The van der Waals surface area contributed by atoms with Gasteiger partial charge < -0.3 is 0 Å². The number of nitrogens with zero attached hydrogens (tertiary/aromatic N) is 6. The van der Waals surface area contributed by atoms with Crippen LogP contribution in [0.1, 0.15) is 61.1 Å². The third kappa shape index (κ3) is 5.54. The van der Waals surface area contributed by atoms with Crippen LogP contribution in [0, 0.1) is 20.8 Å². The predicted octanol–water partition coefficient (Wildman–Crippen LogP) is 6.21. The Morgan fingerprint density at radius 2 is 1.17 bits per heavy atom. The summed E-state index contributed by atoms with van der Waals surface area (Å²) in [6.07, 6.45) is 4.82. The van der Waals surface area contributed by atoms with Gasteiger partial charge >= 0.3 is 0 Å². The molecule has 2 aromatic carbocycles. The van der Waals surface area contributed by atoms with Gasteiger partial charge in [0.25, 0.3) is 0 Å². The Morgan fingerprint density at radius 1 is 0.694 bits per heavy atom. The van der Waals surface area contributed by atoms with Crippen LogP contribution in [-0.2, 0) is 5.41 Å². The van der Waals surface area contributed by atoms with Gasteiger partial charge in [-0.25, -0.2) is 9.36 Å². The summed E-state index contributed by atoms with van der Waals surface area (Å²) in [4.78, 5) is 9.40. The molecule has 0 amide bonds. The second kappa shape index (κ2) is 10.9. The van der Waals surface area contributed by atoms with E-state index in [1.807, 2.05) is 60.4 Å². The highest BCUT2D eigenvalue weighted by atomic mass is 15.3. The third-order valence-corrected chi connectivity index (χ3v) is 6.18. The maximum Gasteiger partial charge on any atom is 0.0689 e. The number of para-hydroxylation sites is 2. The minimum atomic E-state index is -0.0668. The van der Waals surface area contributed by atoms with Gasteiger partial charge in [-0.3, -0.25) is 9.98 Å². The summed E-state index contributed by atoms with van der Waals surface area (Å²) < 4.78 is 4.03. The first-order chi connectivity index (χ1) is 17.3. The molecule has 0 bridgehead atoms. The maximum absolute atomic E-state index is 4.84. The highest BCUT2D eigenvalue weighted by Gasteiger charge is 2.26. The average Bonchev–Trinajstić information content (AvgIpc) is 3.35. The lowest BCUT2D eigenvalue weighted by molar-refractivity contribution is 0.543. The Hall–Kier alpha value is -3.80. The summed E-state index contributed by atoms with van der Waals surface area (Å²) in [5.74, 6) is 0. The van der Waals surface area contributed by atoms with Crippen LogP contribution in [0.2, 0.25) is 0 Å². The van der Waals surface area contributed by atoms with E-state index in [2.05, 4.69) is 68.6 Å². The molecular weight excluding hydrogens is 444 g/mol. The Labute approximate surface area is 214 Å². The predicted molar refractivity (Wildman–Crippen MR) is 150 cm³/mol. The van der Waals surface area contributed by atoms with E-state index in [1.54, 1.807) is 0 Å². The van der Waals surface area contributed by atoms with Gasteiger partial charge in [-0.05, 0) is 51.5 Å². The number of benzene rings is 2. The van der Waals surface area contributed by atoms with Crippen LogP contribution >= 0.6 is 0 Å². The average molecular weight is 481 g/mol. The summed E-state index contributed by atoms with van der Waals surface area (Å²) in [5, 5.41) is 9.54. The van der Waals surface area contributed by atoms with Crippen LogP contribution < -0.4 is 0 Å². The van der Waals surface area contributed by atoms with Crippen molar-refractivity contribution in [1.82, 2.24) is 19.6 Å². The molecule has 6 nitrogen and oxygen atoms in total. The van der Waals surface area contributed by atoms with Gasteiger partial charge in [-0.15, -0.1) is 0 Å². The van der Waals surface area contributed by atoms with E-state index in [0.717, 1.165) is 59.1 Å². The van der Waals surface area contributed by atoms with Crippen molar-refractivity contribution >= 4 is 12.4 Å². The lowest BCUT2D eigenvalue weighted by Gasteiger charge is -2.21. The Kier molecular flexibility index (Phi) is 7.63. The molecule has 4 aromatic rings. The number of aryl methyl sites for hydroxylation is 2. The number of aromatic nitrogens is 4. The van der Waals surface area contributed by atoms with Gasteiger partial charge in [-0.2, -0.15) is 10.2 Å². The Bertz CT molecular complexity index is 1350. The van der Waals surface area contributed by atoms with Crippen molar-refractivity contribution in [2.45, 2.75) is 53.4 Å². The van der Waals surface area contributed by atoms with Gasteiger partial charge in [0.15, 0.2) is 0 Å². The lowest BCUT2D eigenvalue weighted by atomic mass is 9.88. The normalized spacial score (nSPS) is 12.3. The van der Waals surface area contributed by atoms with Crippen LogP contribution in [0.25, 0.3) is 11.4 Å². The van der Waals surface area contributed by atoms with Crippen molar-refractivity contribution in [2.24, 2.45) is 9.98 Å². The van der Waals surface area contributed by atoms with Gasteiger partial charge in [-0.1, -0.05) is 57.2 Å². The number of aliphatic imine (C=N–C) groups is 2. The Morgan fingerprint density at radius 3 is 1.72 bits per heavy atom. The topological polar surface area (TPSA) is 60.4 Å². The standard InChI is InChI=1S/C30H36N6/c1-22-27(24(3)35(33-22)25-14-9-7-10-15-25)20-31-18-13-19-32-21-28-23(2)34-36(29(28)30(4,5)6)26-16-11-8-12-17-26/h7-12,14-17,20-21H,13,18-19H2,1-6H3/b31-20+,32-21+. The second-order valence-electron chi connectivity index (χ2n) is 10.1. The SMILES string of the molecule is Cc1nn(-c2ccccc2)c(C)c1/C=N/CCC/N=C/c1c(C)nn(-c2ccccc2)c1C(C)(C)C. The largest absolute Gasteiger partial charge is 0.292 e. The van der Waals surface area contributed by atoms with Crippen molar-refractivity contribution in [2.75, 3.05) is 13.1 Å². The number of hydrogen-bond acceptors (Lipinski definition) is 4. The highest BCUT2D eigenvalue weighted by molar-refractivity contribution is 5.84. The molecule has 0 aliphatic carbocycles. The molecule has 6 heteroatoms. The molecule has 0 unspecified atom stereocenters. The molecule has 2 heterocycles. The molecule has 0 spiro atoms. The van der Waals surface area contributed by atoms with Gasteiger partial charge in [0.2, 0.25) is 0 Å². The van der Waals surface area contributed by atoms with E-state index in [1.165, 1.54) is 5.69 Å². The van der Waals surface area contributed by atoms with Gasteiger partial charge in [0.1, 0.15) is 0 Å². The molecule has 0 fully saturated rings. The first-order valence-corrected chi connectivity index (χ1v) is 12.5. The summed E-state index contributed by atoms with van der Waals surface area (Å²) in [6.45, 7) is 14.3. The van der Waals surface area contributed by atoms with Crippen molar-refractivity contribution < 1.29 is 0 Å². The molecule has 0 radical (unpaired) electrons. The zero-order chi connectivity index (χ0) is 25.7. The molecule has 4 rings (SSSR count). The summed E-state index contributed by atoms with van der Waals surface area (Å²) >= 11 is 0. The van der Waals surface area contributed by atoms with Crippen LogP contribution in [0.3, 0.4) is 0 Å². The fourth-order valence-corrected chi connectivity index (χ4v) is 4.40. The zero-order valence-electron chi connectivity index (χ0n) is 22.2. The van der Waals surface area contributed by atoms with E-state index in [0.29, 0.717) is 0 Å². The van der Waals surface area contributed by atoms with Crippen LogP contribution in [0.5, 0.6) is 0 Å². The maximum atomic E-state index is 4.84. The monoisotopic (exact) mass is 480 g/mol. The van der Waals surface area contributed by atoms with E-state index < -0.39 is 0 Å². The Balaban J connectivity index is 1.41. The fourth-order valence-electron chi connectivity index (χ4n) is 4.40. The van der Waals surface area contributed by atoms with Crippen LogP contribution in [-0.4, -0.2) is 45.1 Å². The number of rotatable bonds is 8. The first-order valence-electron chi connectivity index (χ1n) is 12.5. The molecule has 0 N–H and O–H groups in total. The van der Waals surface area contributed by atoms with Crippen LogP contribution in [0.4, 0.5) is 0 Å². The zero-order valence-corrected chi connectivity index (χ0v) is 22.2. The summed E-state index contributed by atoms with van der Waals surface area (Å²) in [5.41, 5.74) is 8.51. The molecule has 36 heavy (non-hydrogen) atoms. The molecule has 0 aliphatic rings. The molecule has 186 valence electrons. The molecule has 2 aromatic heterocycles. The van der Waals surface area contributed by atoms with Crippen molar-refractivity contribution in [3.63, 3.8) is 0 Å². The first kappa shape index (κ1) is 25.3. The van der Waals surface area contributed by atoms with Crippen LogP contribution in [0.15, 0.2) is 70.6 Å². The van der Waals surface area contributed by atoms with Gasteiger partial charge in [0.05, 0.1) is 34.2 Å². The van der Waals surface area contributed by atoms with E-state index >= 15 is 0 Å². The van der Waals surface area contributed by atoms with Crippen molar-refractivity contribution in [3.05, 3.63) is 94.6 Å². The minimum Gasteiger partial charge on any atom is -0.292 e. The van der Waals surface area contributed by atoms with Crippen molar-refractivity contribution in [1.29, 1.82) is 0 Å². The van der Waals surface area contributed by atoms with E-state index in [9.17, 15) is 0 Å². The second-order valence-corrected chi connectivity index (χ2v) is 10.1. The van der Waals surface area contributed by atoms with E-state index in [-0.39, 0.29) is 5.41 Å². The molecule has 0 saturated carbocycles. The van der Waals surface area contributed by atoms with Gasteiger partial charge in [0, 0.05) is 42.1 Å². The summed E-state index contributed by atoms with van der Waals surface area (Å²) in [7, 11) is 0. The highest BCUT2D eigenvalue weighted by Crippen LogP contribution is 2.29. The quantitative estimate of drug-likeness (QED) is 0.222. The molecule has 0 aliphatic heterocycles. The molecule has 0 saturated heterocycles. The van der Waals surface area contributed by atoms with Crippen molar-refractivity contribution in [3.8, 4) is 11.4 Å². The van der Waals surface area contributed by atoms with E-state index in [4.69, 9.17) is 15.2 Å². The molecule has 0 atom stereocenters. The number of hydrogen-bond donors (Lipinski definition) is 0. The summed E-state index contributed by atoms with van der Waals surface area (Å²) in [6, 6.07) is 20.5. The molecular formula is C30H36N6.